The lowest BCUT2D eigenvalue weighted by molar-refractivity contribution is -0.147. The van der Waals surface area contributed by atoms with Gasteiger partial charge in [-0.05, 0) is 27.7 Å². The van der Waals surface area contributed by atoms with Crippen molar-refractivity contribution in [1.82, 2.24) is 10.2 Å². The quantitative estimate of drug-likeness (QED) is 0.867. The maximum absolute atomic E-state index is 13.0. The van der Waals surface area contributed by atoms with Gasteiger partial charge in [0.25, 0.3) is 5.91 Å². The van der Waals surface area contributed by atoms with Crippen LogP contribution in [-0.4, -0.2) is 34.5 Å². The number of nitrogens with zero attached hydrogens (tertiary/aromatic N) is 1. The second-order valence-electron chi connectivity index (χ2n) is 8.04. The lowest BCUT2D eigenvalue weighted by Crippen LogP contribution is -2.65. The number of piperidine rings is 1. The van der Waals surface area contributed by atoms with Crippen molar-refractivity contribution in [3.8, 4) is 0 Å². The number of ether oxygens (including phenoxy) is 1. The number of hydrogen-bond donors (Lipinski definition) is 1. The topological polar surface area (TPSA) is 41.6 Å². The summed E-state index contributed by atoms with van der Waals surface area (Å²) in [6, 6.07) is 9.99. The zero-order valence-electron chi connectivity index (χ0n) is 14.1. The zero-order chi connectivity index (χ0) is 16.2. The Kier molecular flexibility index (Phi) is 3.38. The Morgan fingerprint density at radius 3 is 2.18 bits per heavy atom. The number of carbonyl (C=O) groups excluding carboxylic acids is 1. The minimum Gasteiger partial charge on any atom is -0.338 e. The van der Waals surface area contributed by atoms with Crippen LogP contribution >= 0.6 is 0 Å². The van der Waals surface area contributed by atoms with Gasteiger partial charge in [-0.15, -0.1) is 0 Å². The van der Waals surface area contributed by atoms with Gasteiger partial charge in [0, 0.05) is 36.5 Å². The van der Waals surface area contributed by atoms with Crippen LogP contribution in [0.5, 0.6) is 0 Å². The molecule has 1 atom stereocenters. The molecule has 4 nitrogen and oxygen atoms in total. The highest BCUT2D eigenvalue weighted by molar-refractivity contribution is 5.87. The molecule has 0 bridgehead atoms. The van der Waals surface area contributed by atoms with Gasteiger partial charge in [0.05, 0.1) is 0 Å². The molecule has 1 unspecified atom stereocenters. The van der Waals surface area contributed by atoms with Crippen LogP contribution in [-0.2, 0) is 9.53 Å². The van der Waals surface area contributed by atoms with E-state index in [1.807, 2.05) is 37.4 Å². The van der Waals surface area contributed by atoms with Crippen LogP contribution in [0.15, 0.2) is 30.3 Å². The molecule has 1 spiro atoms. The predicted octanol–water partition coefficient (Wildman–Crippen LogP) is 2.85. The molecule has 0 aromatic heterocycles. The molecule has 0 radical (unpaired) electrons. The molecule has 2 heterocycles. The van der Waals surface area contributed by atoms with E-state index in [-0.39, 0.29) is 23.2 Å². The standard InChI is InChI=1S/C18H26N2O2/c1-16(2)11-18(12-17(3,4)19-16)15(21)20(5)14(22-18)13-9-7-6-8-10-13/h6-10,14,19H,11-12H2,1-5H3. The van der Waals surface area contributed by atoms with E-state index < -0.39 is 5.60 Å². The monoisotopic (exact) mass is 302 g/mol. The number of amides is 1. The average molecular weight is 302 g/mol. The van der Waals surface area contributed by atoms with Gasteiger partial charge in [-0.1, -0.05) is 30.3 Å². The van der Waals surface area contributed by atoms with Gasteiger partial charge in [-0.25, -0.2) is 0 Å². The lowest BCUT2D eigenvalue weighted by atomic mass is 9.72. The molecule has 4 heteroatoms. The van der Waals surface area contributed by atoms with Crippen molar-refractivity contribution < 1.29 is 9.53 Å². The van der Waals surface area contributed by atoms with E-state index in [2.05, 4.69) is 33.0 Å². The van der Waals surface area contributed by atoms with Crippen LogP contribution in [0.2, 0.25) is 0 Å². The van der Waals surface area contributed by atoms with Crippen LogP contribution in [0.1, 0.15) is 52.3 Å². The fraction of sp³-hybridized carbons (Fsp3) is 0.611. The third-order valence-electron chi connectivity index (χ3n) is 4.62. The molecule has 120 valence electrons. The van der Waals surface area contributed by atoms with E-state index >= 15 is 0 Å². The van der Waals surface area contributed by atoms with Crippen molar-refractivity contribution >= 4 is 5.91 Å². The largest absolute Gasteiger partial charge is 0.338 e. The summed E-state index contributed by atoms with van der Waals surface area (Å²) in [7, 11) is 1.84. The van der Waals surface area contributed by atoms with Crippen LogP contribution in [0.3, 0.4) is 0 Å². The second kappa shape index (κ2) is 4.80. The average Bonchev–Trinajstić information content (AvgIpc) is 2.61. The zero-order valence-corrected chi connectivity index (χ0v) is 14.1. The highest BCUT2D eigenvalue weighted by Crippen LogP contribution is 2.47. The van der Waals surface area contributed by atoms with E-state index in [0.29, 0.717) is 12.8 Å². The first-order valence-electron chi connectivity index (χ1n) is 7.94. The summed E-state index contributed by atoms with van der Waals surface area (Å²) in [6.45, 7) is 8.56. The summed E-state index contributed by atoms with van der Waals surface area (Å²) in [6.07, 6.45) is 1.09. The number of benzene rings is 1. The molecule has 1 aromatic carbocycles. The highest BCUT2D eigenvalue weighted by atomic mass is 16.5. The Labute approximate surface area is 132 Å². The Morgan fingerprint density at radius 2 is 1.64 bits per heavy atom. The molecule has 1 aromatic rings. The molecular weight excluding hydrogens is 276 g/mol. The summed E-state index contributed by atoms with van der Waals surface area (Å²) in [4.78, 5) is 14.8. The summed E-state index contributed by atoms with van der Waals surface area (Å²) in [5, 5.41) is 3.62. The van der Waals surface area contributed by atoms with E-state index in [9.17, 15) is 4.79 Å². The number of carbonyl (C=O) groups is 1. The van der Waals surface area contributed by atoms with Gasteiger partial charge in [0.1, 0.15) is 0 Å². The van der Waals surface area contributed by atoms with Gasteiger partial charge in [-0.2, -0.15) is 0 Å². The first kappa shape index (κ1) is 15.5. The maximum atomic E-state index is 13.0. The molecular formula is C18H26N2O2. The van der Waals surface area contributed by atoms with Gasteiger partial charge >= 0.3 is 0 Å². The van der Waals surface area contributed by atoms with Crippen molar-refractivity contribution in [2.24, 2.45) is 0 Å². The number of hydrogen-bond acceptors (Lipinski definition) is 3. The minimum absolute atomic E-state index is 0.101. The highest BCUT2D eigenvalue weighted by Gasteiger charge is 2.59. The van der Waals surface area contributed by atoms with E-state index in [1.54, 1.807) is 4.90 Å². The molecule has 3 rings (SSSR count). The van der Waals surface area contributed by atoms with Crippen molar-refractivity contribution in [3.63, 3.8) is 0 Å². The van der Waals surface area contributed by atoms with Crippen LogP contribution in [0, 0.1) is 0 Å². The Hall–Kier alpha value is -1.39. The molecule has 1 N–H and O–H groups in total. The van der Waals surface area contributed by atoms with Crippen LogP contribution in [0.4, 0.5) is 0 Å². The molecule has 1 amide bonds. The Morgan fingerprint density at radius 1 is 1.09 bits per heavy atom. The van der Waals surface area contributed by atoms with Gasteiger partial charge in [-0.3, -0.25) is 4.79 Å². The van der Waals surface area contributed by atoms with Crippen molar-refractivity contribution in [3.05, 3.63) is 35.9 Å². The molecule has 22 heavy (non-hydrogen) atoms. The molecule has 2 aliphatic heterocycles. The van der Waals surface area contributed by atoms with Crippen LogP contribution in [0.25, 0.3) is 0 Å². The Bertz CT molecular complexity index is 564. The fourth-order valence-electron chi connectivity index (χ4n) is 4.41. The summed E-state index contributed by atoms with van der Waals surface area (Å²) in [5.41, 5.74) is 0.0330. The summed E-state index contributed by atoms with van der Waals surface area (Å²) in [5.74, 6) is 0.101. The van der Waals surface area contributed by atoms with Gasteiger partial charge in [0.15, 0.2) is 11.8 Å². The molecule has 0 aliphatic carbocycles. The van der Waals surface area contributed by atoms with E-state index in [4.69, 9.17) is 4.74 Å². The number of rotatable bonds is 1. The fourth-order valence-corrected chi connectivity index (χ4v) is 4.41. The predicted molar refractivity (Wildman–Crippen MR) is 86.3 cm³/mol. The number of nitrogens with one attached hydrogen (secondary N) is 1. The smallest absolute Gasteiger partial charge is 0.257 e. The van der Waals surface area contributed by atoms with Crippen LogP contribution < -0.4 is 5.32 Å². The van der Waals surface area contributed by atoms with Gasteiger partial charge < -0.3 is 15.0 Å². The molecule has 2 aliphatic rings. The van der Waals surface area contributed by atoms with E-state index in [1.165, 1.54) is 0 Å². The molecule has 2 fully saturated rings. The third kappa shape index (κ3) is 2.55. The maximum Gasteiger partial charge on any atom is 0.257 e. The lowest BCUT2D eigenvalue weighted by Gasteiger charge is -2.49. The summed E-state index contributed by atoms with van der Waals surface area (Å²) >= 11 is 0. The summed E-state index contributed by atoms with van der Waals surface area (Å²) < 4.78 is 6.41. The normalized spacial score (nSPS) is 29.0. The van der Waals surface area contributed by atoms with Crippen molar-refractivity contribution in [2.75, 3.05) is 7.05 Å². The molecule has 2 saturated heterocycles. The number of likely N-dealkylation sites (N-methyl/N-ethyl adjacent to an activating group) is 1. The first-order chi connectivity index (χ1) is 10.1. The third-order valence-corrected chi connectivity index (χ3v) is 4.62. The molecule has 0 saturated carbocycles. The first-order valence-corrected chi connectivity index (χ1v) is 7.94. The second-order valence-corrected chi connectivity index (χ2v) is 8.04. The van der Waals surface area contributed by atoms with E-state index in [0.717, 1.165) is 5.56 Å². The SMILES string of the molecule is CN1C(=O)C2(CC(C)(C)NC(C)(C)C2)OC1c1ccccc1. The minimum atomic E-state index is -0.729. The Balaban J connectivity index is 1.96. The van der Waals surface area contributed by atoms with Crippen molar-refractivity contribution in [2.45, 2.75) is 63.4 Å². The van der Waals surface area contributed by atoms with Crippen molar-refractivity contribution in [1.29, 1.82) is 0 Å². The van der Waals surface area contributed by atoms with Gasteiger partial charge in [0.2, 0.25) is 0 Å².